The normalized spacial score (nSPS) is 10.7. The highest BCUT2D eigenvalue weighted by Crippen LogP contribution is 2.26. The number of nitrogens with zero attached hydrogens (tertiary/aromatic N) is 1. The summed E-state index contributed by atoms with van der Waals surface area (Å²) in [6.07, 6.45) is 0. The fraction of sp³-hybridized carbons (Fsp3) is 0. The van der Waals surface area contributed by atoms with Gasteiger partial charge in [0.25, 0.3) is 0 Å². The van der Waals surface area contributed by atoms with Gasteiger partial charge in [0, 0.05) is 11.1 Å². The van der Waals surface area contributed by atoms with Gasteiger partial charge in [0.1, 0.15) is 5.82 Å². The zero-order valence-electron chi connectivity index (χ0n) is 12.9. The Morgan fingerprint density at radius 2 is 1.42 bits per heavy atom. The maximum atomic E-state index is 6.23. The van der Waals surface area contributed by atoms with E-state index in [2.05, 4.69) is 46.7 Å². The van der Waals surface area contributed by atoms with Crippen LogP contribution < -0.4 is 5.32 Å². The van der Waals surface area contributed by atoms with E-state index in [1.807, 2.05) is 48.5 Å². The molecule has 2 nitrogen and oxygen atoms in total. The van der Waals surface area contributed by atoms with Gasteiger partial charge in [-0.2, -0.15) is 0 Å². The smallest absolute Gasteiger partial charge is 0.131 e. The Morgan fingerprint density at radius 3 is 2.21 bits per heavy atom. The number of benzene rings is 3. The van der Waals surface area contributed by atoms with Crippen molar-refractivity contribution in [3.8, 4) is 11.1 Å². The molecule has 0 atom stereocenters. The fourth-order valence-electron chi connectivity index (χ4n) is 2.71. The van der Waals surface area contributed by atoms with E-state index < -0.39 is 0 Å². The molecule has 0 aliphatic rings. The molecule has 0 bridgehead atoms. The van der Waals surface area contributed by atoms with Crippen molar-refractivity contribution in [2.45, 2.75) is 0 Å². The molecular weight excluding hydrogens is 316 g/mol. The molecule has 0 amide bonds. The lowest BCUT2D eigenvalue weighted by molar-refractivity contribution is 1.37. The Kier molecular flexibility index (Phi) is 3.89. The molecule has 1 aromatic heterocycles. The number of pyridine rings is 1. The van der Waals surface area contributed by atoms with Crippen LogP contribution in [-0.4, -0.2) is 4.98 Å². The van der Waals surface area contributed by atoms with Crippen molar-refractivity contribution < 1.29 is 0 Å². The largest absolute Gasteiger partial charge is 0.340 e. The SMILES string of the molecule is Clc1cccc2ccc(Nc3ccc(-c4ccccc4)cc3)nc12. The minimum atomic E-state index is 0.663. The lowest BCUT2D eigenvalue weighted by atomic mass is 10.1. The summed E-state index contributed by atoms with van der Waals surface area (Å²) in [5.74, 6) is 0.781. The molecule has 0 spiro atoms. The summed E-state index contributed by atoms with van der Waals surface area (Å²) in [6, 6.07) is 28.4. The molecule has 0 radical (unpaired) electrons. The fourth-order valence-corrected chi connectivity index (χ4v) is 2.93. The maximum absolute atomic E-state index is 6.23. The van der Waals surface area contributed by atoms with Gasteiger partial charge in [0.05, 0.1) is 10.5 Å². The van der Waals surface area contributed by atoms with E-state index >= 15 is 0 Å². The molecule has 0 aliphatic carbocycles. The first-order valence-corrected chi connectivity index (χ1v) is 8.15. The number of hydrogen-bond donors (Lipinski definition) is 1. The number of aromatic nitrogens is 1. The predicted molar refractivity (Wildman–Crippen MR) is 102 cm³/mol. The molecule has 0 saturated carbocycles. The molecule has 116 valence electrons. The van der Waals surface area contributed by atoms with E-state index in [-0.39, 0.29) is 0 Å². The number of hydrogen-bond acceptors (Lipinski definition) is 2. The Labute approximate surface area is 145 Å². The number of nitrogens with one attached hydrogen (secondary N) is 1. The minimum Gasteiger partial charge on any atom is -0.340 e. The van der Waals surface area contributed by atoms with Crippen LogP contribution in [0.5, 0.6) is 0 Å². The zero-order valence-corrected chi connectivity index (χ0v) is 13.7. The predicted octanol–water partition coefficient (Wildman–Crippen LogP) is 6.30. The second-order valence-corrected chi connectivity index (χ2v) is 5.98. The number of rotatable bonds is 3. The monoisotopic (exact) mass is 330 g/mol. The highest BCUT2D eigenvalue weighted by Gasteiger charge is 2.03. The van der Waals surface area contributed by atoms with Gasteiger partial charge in [-0.1, -0.05) is 66.2 Å². The third-order valence-electron chi connectivity index (χ3n) is 3.94. The van der Waals surface area contributed by atoms with E-state index in [9.17, 15) is 0 Å². The topological polar surface area (TPSA) is 24.9 Å². The van der Waals surface area contributed by atoms with Crippen LogP contribution in [0.25, 0.3) is 22.0 Å². The number of halogens is 1. The van der Waals surface area contributed by atoms with Crippen molar-refractivity contribution in [1.82, 2.24) is 4.98 Å². The second-order valence-electron chi connectivity index (χ2n) is 5.58. The summed E-state index contributed by atoms with van der Waals surface area (Å²) < 4.78 is 0. The molecule has 4 aromatic rings. The Balaban J connectivity index is 1.60. The van der Waals surface area contributed by atoms with Gasteiger partial charge < -0.3 is 5.32 Å². The van der Waals surface area contributed by atoms with Crippen molar-refractivity contribution in [2.24, 2.45) is 0 Å². The molecule has 1 heterocycles. The Morgan fingerprint density at radius 1 is 0.667 bits per heavy atom. The number of para-hydroxylation sites is 1. The van der Waals surface area contributed by atoms with Crippen LogP contribution in [0, 0.1) is 0 Å². The highest BCUT2D eigenvalue weighted by atomic mass is 35.5. The van der Waals surface area contributed by atoms with E-state index in [0.29, 0.717) is 5.02 Å². The molecule has 0 saturated heterocycles. The first kappa shape index (κ1) is 14.7. The summed E-state index contributed by atoms with van der Waals surface area (Å²) in [5, 5.41) is 5.03. The van der Waals surface area contributed by atoms with Gasteiger partial charge in [-0.25, -0.2) is 4.98 Å². The first-order valence-electron chi connectivity index (χ1n) is 7.77. The van der Waals surface area contributed by atoms with Gasteiger partial charge in [-0.3, -0.25) is 0 Å². The molecule has 24 heavy (non-hydrogen) atoms. The van der Waals surface area contributed by atoms with Gasteiger partial charge in [-0.05, 0) is 41.5 Å². The van der Waals surface area contributed by atoms with E-state index in [1.165, 1.54) is 11.1 Å². The van der Waals surface area contributed by atoms with Crippen molar-refractivity contribution in [3.05, 3.63) is 90.0 Å². The maximum Gasteiger partial charge on any atom is 0.131 e. The van der Waals surface area contributed by atoms with Crippen LogP contribution in [0.4, 0.5) is 11.5 Å². The molecular formula is C21H15ClN2. The average molecular weight is 331 g/mol. The van der Waals surface area contributed by atoms with E-state index in [1.54, 1.807) is 0 Å². The molecule has 1 N–H and O–H groups in total. The van der Waals surface area contributed by atoms with Crippen LogP contribution in [0.1, 0.15) is 0 Å². The van der Waals surface area contributed by atoms with Gasteiger partial charge in [0.15, 0.2) is 0 Å². The molecule has 0 unspecified atom stereocenters. The van der Waals surface area contributed by atoms with Crippen molar-refractivity contribution >= 4 is 34.0 Å². The number of fused-ring (bicyclic) bond motifs is 1. The lowest BCUT2D eigenvalue weighted by Gasteiger charge is -2.08. The summed E-state index contributed by atoms with van der Waals surface area (Å²) in [4.78, 5) is 4.61. The summed E-state index contributed by atoms with van der Waals surface area (Å²) in [5.41, 5.74) is 4.20. The zero-order chi connectivity index (χ0) is 16.4. The van der Waals surface area contributed by atoms with Crippen molar-refractivity contribution in [3.63, 3.8) is 0 Å². The molecule has 4 rings (SSSR count). The highest BCUT2D eigenvalue weighted by molar-refractivity contribution is 6.35. The van der Waals surface area contributed by atoms with E-state index in [0.717, 1.165) is 22.4 Å². The van der Waals surface area contributed by atoms with Crippen LogP contribution in [0.2, 0.25) is 5.02 Å². The van der Waals surface area contributed by atoms with Crippen LogP contribution >= 0.6 is 11.6 Å². The molecule has 3 aromatic carbocycles. The minimum absolute atomic E-state index is 0.663. The van der Waals surface area contributed by atoms with Crippen LogP contribution in [0.15, 0.2) is 84.9 Å². The quantitative estimate of drug-likeness (QED) is 0.477. The summed E-state index contributed by atoms with van der Waals surface area (Å²) in [7, 11) is 0. The van der Waals surface area contributed by atoms with E-state index in [4.69, 9.17) is 11.6 Å². The third kappa shape index (κ3) is 2.97. The molecule has 0 aliphatic heterocycles. The second kappa shape index (κ2) is 6.34. The van der Waals surface area contributed by atoms with Crippen LogP contribution in [0.3, 0.4) is 0 Å². The first-order chi connectivity index (χ1) is 11.8. The Bertz CT molecular complexity index is 980. The standard InChI is InChI=1S/C21H15ClN2/c22-19-8-4-7-17-11-14-20(24-21(17)19)23-18-12-9-16(10-13-18)15-5-2-1-3-6-15/h1-14H,(H,23,24). The number of anilines is 2. The lowest BCUT2D eigenvalue weighted by Crippen LogP contribution is -1.94. The molecule has 0 fully saturated rings. The molecule has 3 heteroatoms. The average Bonchev–Trinajstić information content (AvgIpc) is 2.64. The van der Waals surface area contributed by atoms with Crippen molar-refractivity contribution in [2.75, 3.05) is 5.32 Å². The summed E-state index contributed by atoms with van der Waals surface area (Å²) >= 11 is 6.23. The van der Waals surface area contributed by atoms with Gasteiger partial charge in [-0.15, -0.1) is 0 Å². The Hall–Kier alpha value is -2.84. The van der Waals surface area contributed by atoms with Crippen LogP contribution in [-0.2, 0) is 0 Å². The van der Waals surface area contributed by atoms with Crippen molar-refractivity contribution in [1.29, 1.82) is 0 Å². The van der Waals surface area contributed by atoms with Gasteiger partial charge in [0.2, 0.25) is 0 Å². The van der Waals surface area contributed by atoms with Gasteiger partial charge >= 0.3 is 0 Å². The third-order valence-corrected chi connectivity index (χ3v) is 4.24. The summed E-state index contributed by atoms with van der Waals surface area (Å²) in [6.45, 7) is 0.